The molecule has 3 rings (SSSR count). The minimum atomic E-state index is 0.329. The summed E-state index contributed by atoms with van der Waals surface area (Å²) in [5.74, 6) is 1.67. The number of hydrogen-bond donors (Lipinski definition) is 0. The summed E-state index contributed by atoms with van der Waals surface area (Å²) in [7, 11) is 1.71. The molecule has 1 aliphatic heterocycles. The van der Waals surface area contributed by atoms with Crippen LogP contribution in [0.1, 0.15) is 30.4 Å². The fraction of sp³-hybridized carbons (Fsp3) is 0.611. The van der Waals surface area contributed by atoms with Crippen LogP contribution in [0.4, 0.5) is 0 Å². The fourth-order valence-corrected chi connectivity index (χ4v) is 3.34. The summed E-state index contributed by atoms with van der Waals surface area (Å²) < 4.78 is 5.31. The first-order chi connectivity index (χ1) is 10.7. The van der Waals surface area contributed by atoms with Crippen molar-refractivity contribution in [2.24, 2.45) is 5.92 Å². The lowest BCUT2D eigenvalue weighted by Crippen LogP contribution is -2.50. The van der Waals surface area contributed by atoms with Crippen molar-refractivity contribution < 1.29 is 9.53 Å². The molecule has 0 radical (unpaired) electrons. The van der Waals surface area contributed by atoms with E-state index >= 15 is 0 Å². The molecule has 0 N–H and O–H groups in total. The van der Waals surface area contributed by atoms with Gasteiger partial charge in [-0.25, -0.2) is 0 Å². The number of ether oxygens (including phenoxy) is 1. The van der Waals surface area contributed by atoms with Crippen LogP contribution in [-0.4, -0.2) is 49.0 Å². The third-order valence-electron chi connectivity index (χ3n) is 5.00. The maximum Gasteiger partial charge on any atom is 0.225 e. The predicted molar refractivity (Wildman–Crippen MR) is 86.9 cm³/mol. The Hall–Kier alpha value is -1.55. The Labute approximate surface area is 133 Å². The van der Waals surface area contributed by atoms with E-state index in [1.54, 1.807) is 7.11 Å². The zero-order valence-electron chi connectivity index (χ0n) is 13.7. The Balaban J connectivity index is 1.51. The Kier molecular flexibility index (Phi) is 4.67. The van der Waals surface area contributed by atoms with E-state index in [-0.39, 0.29) is 0 Å². The molecule has 2 aliphatic rings. The number of piperazine rings is 1. The lowest BCUT2D eigenvalue weighted by Gasteiger charge is -2.38. The molecule has 22 heavy (non-hydrogen) atoms. The molecule has 4 nitrogen and oxygen atoms in total. The van der Waals surface area contributed by atoms with Gasteiger partial charge in [0.25, 0.3) is 0 Å². The molecule has 1 amide bonds. The van der Waals surface area contributed by atoms with Crippen LogP contribution in [0.2, 0.25) is 0 Å². The average Bonchev–Trinajstić information content (AvgIpc) is 2.46. The van der Waals surface area contributed by atoms with Crippen molar-refractivity contribution in [1.82, 2.24) is 9.80 Å². The van der Waals surface area contributed by atoms with Gasteiger partial charge in [-0.15, -0.1) is 0 Å². The van der Waals surface area contributed by atoms with Gasteiger partial charge in [-0.2, -0.15) is 0 Å². The van der Waals surface area contributed by atoms with Gasteiger partial charge in [0.05, 0.1) is 7.11 Å². The summed E-state index contributed by atoms with van der Waals surface area (Å²) >= 11 is 0. The van der Waals surface area contributed by atoms with Gasteiger partial charge in [0.2, 0.25) is 5.91 Å². The first kappa shape index (κ1) is 15.3. The van der Waals surface area contributed by atoms with Gasteiger partial charge < -0.3 is 9.64 Å². The minimum Gasteiger partial charge on any atom is -0.496 e. The minimum absolute atomic E-state index is 0.329. The zero-order valence-corrected chi connectivity index (χ0v) is 13.7. The summed E-state index contributed by atoms with van der Waals surface area (Å²) in [6, 6.07) is 6.38. The highest BCUT2D eigenvalue weighted by atomic mass is 16.5. The molecule has 0 bridgehead atoms. The molecule has 2 fully saturated rings. The van der Waals surface area contributed by atoms with Gasteiger partial charge in [-0.3, -0.25) is 9.69 Å². The smallest absolute Gasteiger partial charge is 0.225 e. The molecule has 1 aromatic rings. The van der Waals surface area contributed by atoms with E-state index in [0.29, 0.717) is 11.8 Å². The molecule has 1 heterocycles. The van der Waals surface area contributed by atoms with Crippen molar-refractivity contribution >= 4 is 5.91 Å². The molecule has 120 valence electrons. The number of carbonyl (C=O) groups is 1. The van der Waals surface area contributed by atoms with Crippen molar-refractivity contribution in [3.63, 3.8) is 0 Å². The van der Waals surface area contributed by atoms with Gasteiger partial charge >= 0.3 is 0 Å². The van der Waals surface area contributed by atoms with Crippen molar-refractivity contribution in [2.75, 3.05) is 33.3 Å². The third-order valence-corrected chi connectivity index (χ3v) is 5.00. The predicted octanol–water partition coefficient (Wildman–Crippen LogP) is 2.45. The largest absolute Gasteiger partial charge is 0.496 e. The van der Waals surface area contributed by atoms with E-state index in [1.807, 2.05) is 6.07 Å². The second-order valence-electron chi connectivity index (χ2n) is 6.53. The number of methoxy groups -OCH3 is 1. The Bertz CT molecular complexity index is 532. The molecule has 0 spiro atoms. The lowest BCUT2D eigenvalue weighted by atomic mass is 9.84. The van der Waals surface area contributed by atoms with Crippen LogP contribution in [0.15, 0.2) is 18.2 Å². The second-order valence-corrected chi connectivity index (χ2v) is 6.53. The molecule has 1 aliphatic carbocycles. The first-order valence-electron chi connectivity index (χ1n) is 8.32. The van der Waals surface area contributed by atoms with Crippen LogP contribution in [0, 0.1) is 12.8 Å². The number of aryl methyl sites for hydroxylation is 1. The maximum absolute atomic E-state index is 12.3. The van der Waals surface area contributed by atoms with E-state index in [4.69, 9.17) is 4.74 Å². The van der Waals surface area contributed by atoms with E-state index < -0.39 is 0 Å². The quantitative estimate of drug-likeness (QED) is 0.856. The van der Waals surface area contributed by atoms with Crippen LogP contribution < -0.4 is 4.74 Å². The SMILES string of the molecule is COc1ccc(CN2CCN(C(=O)C3CCC3)CC2)cc1C. The summed E-state index contributed by atoms with van der Waals surface area (Å²) in [4.78, 5) is 16.8. The topological polar surface area (TPSA) is 32.8 Å². The van der Waals surface area contributed by atoms with Gasteiger partial charge in [0.15, 0.2) is 0 Å². The van der Waals surface area contributed by atoms with Crippen LogP contribution in [0.25, 0.3) is 0 Å². The Morgan fingerprint density at radius 1 is 1.23 bits per heavy atom. The molecular weight excluding hydrogens is 276 g/mol. The standard InChI is InChI=1S/C18H26N2O2/c1-14-12-15(6-7-17(14)22-2)13-19-8-10-20(11-9-19)18(21)16-4-3-5-16/h6-7,12,16H,3-5,8-11,13H2,1-2H3. The molecule has 1 saturated heterocycles. The number of carbonyl (C=O) groups excluding carboxylic acids is 1. The molecule has 0 unspecified atom stereocenters. The van der Waals surface area contributed by atoms with Gasteiger partial charge in [-0.1, -0.05) is 18.6 Å². The molecule has 1 aromatic carbocycles. The maximum atomic E-state index is 12.3. The van der Waals surface area contributed by atoms with Crippen molar-refractivity contribution in [1.29, 1.82) is 0 Å². The van der Waals surface area contributed by atoms with Crippen molar-refractivity contribution in [3.05, 3.63) is 29.3 Å². The molecule has 0 atom stereocenters. The third kappa shape index (κ3) is 3.27. The summed E-state index contributed by atoms with van der Waals surface area (Å²) in [6.07, 6.45) is 3.43. The summed E-state index contributed by atoms with van der Waals surface area (Å²) in [6.45, 7) is 6.75. The Morgan fingerprint density at radius 2 is 1.95 bits per heavy atom. The highest BCUT2D eigenvalue weighted by molar-refractivity contribution is 5.79. The summed E-state index contributed by atoms with van der Waals surface area (Å²) in [5.41, 5.74) is 2.50. The monoisotopic (exact) mass is 302 g/mol. The van der Waals surface area contributed by atoms with E-state index in [1.165, 1.54) is 17.5 Å². The van der Waals surface area contributed by atoms with E-state index in [2.05, 4.69) is 28.9 Å². The van der Waals surface area contributed by atoms with Gasteiger partial charge in [0, 0.05) is 38.6 Å². The molecule has 4 heteroatoms. The van der Waals surface area contributed by atoms with E-state index in [9.17, 15) is 4.79 Å². The van der Waals surface area contributed by atoms with Crippen molar-refractivity contribution in [2.45, 2.75) is 32.7 Å². The number of benzene rings is 1. The number of hydrogen-bond acceptors (Lipinski definition) is 3. The molecular formula is C18H26N2O2. The fourth-order valence-electron chi connectivity index (χ4n) is 3.34. The molecule has 1 saturated carbocycles. The lowest BCUT2D eigenvalue weighted by molar-refractivity contribution is -0.140. The number of rotatable bonds is 4. The van der Waals surface area contributed by atoms with Crippen LogP contribution in [0.5, 0.6) is 5.75 Å². The highest BCUT2D eigenvalue weighted by Gasteiger charge is 2.31. The van der Waals surface area contributed by atoms with E-state index in [0.717, 1.165) is 51.3 Å². The zero-order chi connectivity index (χ0) is 15.5. The normalized spacial score (nSPS) is 19.8. The average molecular weight is 302 g/mol. The molecule has 0 aromatic heterocycles. The van der Waals surface area contributed by atoms with Gasteiger partial charge in [0.1, 0.15) is 5.75 Å². The first-order valence-corrected chi connectivity index (χ1v) is 8.32. The van der Waals surface area contributed by atoms with Crippen LogP contribution in [0.3, 0.4) is 0 Å². The van der Waals surface area contributed by atoms with Crippen LogP contribution in [-0.2, 0) is 11.3 Å². The summed E-state index contributed by atoms with van der Waals surface area (Å²) in [5, 5.41) is 0. The van der Waals surface area contributed by atoms with Crippen LogP contribution >= 0.6 is 0 Å². The van der Waals surface area contributed by atoms with Crippen molar-refractivity contribution in [3.8, 4) is 5.75 Å². The van der Waals surface area contributed by atoms with Gasteiger partial charge in [-0.05, 0) is 37.0 Å². The second kappa shape index (κ2) is 6.69. The number of nitrogens with zero attached hydrogens (tertiary/aromatic N) is 2. The Morgan fingerprint density at radius 3 is 2.50 bits per heavy atom. The number of amides is 1. The highest BCUT2D eigenvalue weighted by Crippen LogP contribution is 2.28.